The van der Waals surface area contributed by atoms with Crippen LogP contribution in [-0.4, -0.2) is 52.6 Å². The summed E-state index contributed by atoms with van der Waals surface area (Å²) in [6.45, 7) is -0.0777. The Morgan fingerprint density at radius 1 is 1.06 bits per heavy atom. The first-order valence-corrected chi connectivity index (χ1v) is 12.1. The van der Waals surface area contributed by atoms with E-state index in [-0.39, 0.29) is 37.4 Å². The molecule has 2 N–H and O–H groups in total. The molecule has 1 atom stereocenters. The summed E-state index contributed by atoms with van der Waals surface area (Å²) in [5.41, 5.74) is 9.58. The van der Waals surface area contributed by atoms with E-state index in [0.717, 1.165) is 45.3 Å². The fraction of sp³-hybridized carbons (Fsp3) is 0.423. The number of hydrogen-bond donors (Lipinski definition) is 1. The Morgan fingerprint density at radius 2 is 1.86 bits per heavy atom. The predicted molar refractivity (Wildman–Crippen MR) is 128 cm³/mol. The van der Waals surface area contributed by atoms with E-state index in [0.29, 0.717) is 24.3 Å². The lowest BCUT2D eigenvalue weighted by Gasteiger charge is -2.43. The molecule has 1 saturated heterocycles. The zero-order chi connectivity index (χ0) is 24.3. The van der Waals surface area contributed by atoms with Crippen molar-refractivity contribution < 1.29 is 18.0 Å². The second kappa shape index (κ2) is 8.10. The van der Waals surface area contributed by atoms with E-state index in [2.05, 4.69) is 4.98 Å². The Bertz CT molecular complexity index is 1300. The molecule has 3 aromatic rings. The van der Waals surface area contributed by atoms with E-state index >= 15 is 0 Å². The van der Waals surface area contributed by atoms with Crippen LogP contribution in [0.1, 0.15) is 37.3 Å². The molecule has 0 bridgehead atoms. The summed E-state index contributed by atoms with van der Waals surface area (Å²) in [6.07, 6.45) is 2.36. The highest BCUT2D eigenvalue weighted by Crippen LogP contribution is 2.47. The Kier molecular flexibility index (Phi) is 5.12. The van der Waals surface area contributed by atoms with E-state index in [1.165, 1.54) is 0 Å². The first kappa shape index (κ1) is 22.1. The van der Waals surface area contributed by atoms with Gasteiger partial charge in [-0.25, -0.2) is 4.98 Å². The molecule has 3 heterocycles. The molecule has 0 spiro atoms. The number of carbonyl (C=O) groups excluding carboxylic acids is 1. The van der Waals surface area contributed by atoms with Crippen LogP contribution in [0.25, 0.3) is 21.9 Å². The number of aromatic nitrogens is 2. The first-order valence-electron chi connectivity index (χ1n) is 12.1. The quantitative estimate of drug-likeness (QED) is 0.582. The molecule has 2 aromatic heterocycles. The summed E-state index contributed by atoms with van der Waals surface area (Å²) in [6, 6.07) is 7.93. The van der Waals surface area contributed by atoms with Gasteiger partial charge in [0.1, 0.15) is 6.04 Å². The number of fused-ring (bicyclic) bond motifs is 1. The van der Waals surface area contributed by atoms with Crippen molar-refractivity contribution in [2.24, 2.45) is 5.92 Å². The van der Waals surface area contributed by atoms with Gasteiger partial charge < -0.3 is 15.5 Å². The molecule has 1 unspecified atom stereocenters. The van der Waals surface area contributed by atoms with Crippen LogP contribution < -0.4 is 10.6 Å². The summed E-state index contributed by atoms with van der Waals surface area (Å²) < 4.78 is 42.0. The number of piperazine rings is 1. The minimum atomic E-state index is -4.52. The molecule has 2 aliphatic carbocycles. The van der Waals surface area contributed by atoms with Crippen molar-refractivity contribution >= 4 is 28.2 Å². The van der Waals surface area contributed by atoms with Crippen molar-refractivity contribution in [2.45, 2.75) is 43.8 Å². The number of nitrogen functional groups attached to an aromatic ring is 1. The highest BCUT2D eigenvalue weighted by Gasteiger charge is 2.50. The van der Waals surface area contributed by atoms with Gasteiger partial charge in [0.2, 0.25) is 5.91 Å². The minimum Gasteiger partial charge on any atom is -0.396 e. The predicted octanol–water partition coefficient (Wildman–Crippen LogP) is 4.75. The van der Waals surface area contributed by atoms with Crippen LogP contribution in [0, 0.1) is 5.92 Å². The van der Waals surface area contributed by atoms with Crippen LogP contribution in [-0.2, 0) is 4.79 Å². The van der Waals surface area contributed by atoms with Crippen molar-refractivity contribution in [1.82, 2.24) is 14.9 Å². The van der Waals surface area contributed by atoms with E-state index in [4.69, 9.17) is 10.7 Å². The summed E-state index contributed by atoms with van der Waals surface area (Å²) in [5.74, 6) is 0.00141. The number of benzene rings is 1. The normalized spacial score (nSPS) is 20.9. The van der Waals surface area contributed by atoms with Crippen LogP contribution >= 0.6 is 0 Å². The number of rotatable bonds is 4. The van der Waals surface area contributed by atoms with E-state index in [9.17, 15) is 18.0 Å². The van der Waals surface area contributed by atoms with Gasteiger partial charge in [0.25, 0.3) is 0 Å². The lowest BCUT2D eigenvalue weighted by molar-refractivity contribution is -0.191. The molecule has 6 nitrogen and oxygen atoms in total. The Balaban J connectivity index is 1.38. The number of halogens is 3. The number of alkyl halides is 3. The molecule has 9 heteroatoms. The van der Waals surface area contributed by atoms with Crippen LogP contribution in [0.5, 0.6) is 0 Å². The third-order valence-electron chi connectivity index (χ3n) is 7.26. The van der Waals surface area contributed by atoms with Crippen LogP contribution in [0.15, 0.2) is 42.7 Å². The van der Waals surface area contributed by atoms with E-state index < -0.39 is 12.2 Å². The fourth-order valence-electron chi connectivity index (χ4n) is 5.11. The number of carbonyl (C=O) groups is 1. The molecule has 2 saturated carbocycles. The molecular formula is C26H26F3N5O. The van der Waals surface area contributed by atoms with Gasteiger partial charge in [0.15, 0.2) is 5.82 Å². The second-order valence-electron chi connectivity index (χ2n) is 9.82. The standard InChI is InChI=1S/C26H26F3N5O/c27-26(28,29)22-14-33(10-11-34(22)25(35)16-6-7-16)24-21(30)12-20(23(32-24)15-4-5-15)19-3-1-2-17-13-31-9-8-18(17)19/h1-3,8-9,12-13,15-16,22H,4-7,10-11,14,30H2. The molecule has 1 amide bonds. The fourth-order valence-corrected chi connectivity index (χ4v) is 5.11. The van der Waals surface area contributed by atoms with Crippen LogP contribution in [0.2, 0.25) is 0 Å². The highest BCUT2D eigenvalue weighted by atomic mass is 19.4. The zero-order valence-electron chi connectivity index (χ0n) is 19.1. The van der Waals surface area contributed by atoms with Crippen molar-refractivity contribution in [2.75, 3.05) is 30.3 Å². The Hall–Kier alpha value is -3.36. The summed E-state index contributed by atoms with van der Waals surface area (Å²) in [5, 5.41) is 2.03. The topological polar surface area (TPSA) is 75.3 Å². The SMILES string of the molecule is Nc1cc(-c2cccc3cnccc23)c(C2CC2)nc1N1CCN(C(=O)C2CC2)C(C(F)(F)F)C1. The molecule has 182 valence electrons. The van der Waals surface area contributed by atoms with Crippen LogP contribution in [0.3, 0.4) is 0 Å². The number of nitrogens with two attached hydrogens (primary N) is 1. The number of pyridine rings is 2. The second-order valence-corrected chi connectivity index (χ2v) is 9.82. The molecule has 6 rings (SSSR count). The van der Waals surface area contributed by atoms with Gasteiger partial charge in [0, 0.05) is 54.8 Å². The smallest absolute Gasteiger partial charge is 0.396 e. The number of amides is 1. The van der Waals surface area contributed by atoms with Gasteiger partial charge in [-0.1, -0.05) is 18.2 Å². The molecule has 1 aliphatic heterocycles. The molecule has 0 radical (unpaired) electrons. The van der Waals surface area contributed by atoms with Crippen molar-refractivity contribution in [3.05, 3.63) is 48.4 Å². The van der Waals surface area contributed by atoms with Crippen molar-refractivity contribution in [1.29, 1.82) is 0 Å². The maximum absolute atomic E-state index is 14.0. The number of hydrogen-bond acceptors (Lipinski definition) is 5. The first-order chi connectivity index (χ1) is 16.8. The van der Waals surface area contributed by atoms with Gasteiger partial charge in [-0.05, 0) is 48.8 Å². The summed E-state index contributed by atoms with van der Waals surface area (Å²) >= 11 is 0. The largest absolute Gasteiger partial charge is 0.410 e. The average Bonchev–Trinajstić information content (AvgIpc) is 3.76. The summed E-state index contributed by atoms with van der Waals surface area (Å²) in [4.78, 5) is 24.3. The number of nitrogens with zero attached hydrogens (tertiary/aromatic N) is 4. The maximum Gasteiger partial charge on any atom is 0.410 e. The third kappa shape index (κ3) is 4.06. The zero-order valence-corrected chi connectivity index (χ0v) is 19.1. The van der Waals surface area contributed by atoms with E-state index in [1.54, 1.807) is 17.3 Å². The highest BCUT2D eigenvalue weighted by molar-refractivity contribution is 5.97. The molecule has 3 fully saturated rings. The monoisotopic (exact) mass is 481 g/mol. The summed E-state index contributed by atoms with van der Waals surface area (Å²) in [7, 11) is 0. The third-order valence-corrected chi connectivity index (χ3v) is 7.26. The van der Waals surface area contributed by atoms with Crippen molar-refractivity contribution in [3.63, 3.8) is 0 Å². The molecular weight excluding hydrogens is 455 g/mol. The van der Waals surface area contributed by atoms with Crippen molar-refractivity contribution in [3.8, 4) is 11.1 Å². The van der Waals surface area contributed by atoms with E-state index in [1.807, 2.05) is 30.3 Å². The van der Waals surface area contributed by atoms with Gasteiger partial charge in [0.05, 0.1) is 11.4 Å². The molecule has 35 heavy (non-hydrogen) atoms. The Morgan fingerprint density at radius 3 is 2.57 bits per heavy atom. The Labute approximate surface area is 200 Å². The maximum atomic E-state index is 14.0. The lowest BCUT2D eigenvalue weighted by atomic mass is 9.96. The van der Waals surface area contributed by atoms with Crippen LogP contribution in [0.4, 0.5) is 24.7 Å². The number of anilines is 2. The van der Waals surface area contributed by atoms with Gasteiger partial charge >= 0.3 is 6.18 Å². The minimum absolute atomic E-state index is 0.0114. The molecule has 3 aliphatic rings. The van der Waals surface area contributed by atoms with Gasteiger partial charge in [-0.2, -0.15) is 13.2 Å². The van der Waals surface area contributed by atoms with Gasteiger partial charge in [-0.3, -0.25) is 9.78 Å². The molecule has 1 aromatic carbocycles. The lowest BCUT2D eigenvalue weighted by Crippen LogP contribution is -2.61. The average molecular weight is 482 g/mol. The van der Waals surface area contributed by atoms with Gasteiger partial charge in [-0.15, -0.1) is 0 Å².